The Bertz CT molecular complexity index is 579. The van der Waals surface area contributed by atoms with Crippen molar-refractivity contribution in [3.8, 4) is 0 Å². The summed E-state index contributed by atoms with van der Waals surface area (Å²) in [7, 11) is 2.13. The molecule has 2 heterocycles. The van der Waals surface area contributed by atoms with Crippen LogP contribution in [0.15, 0.2) is 12.1 Å². The number of likely N-dealkylation sites (tertiary alicyclic amines) is 1. The summed E-state index contributed by atoms with van der Waals surface area (Å²) in [5, 5.41) is 8.69. The molecule has 0 aromatic heterocycles. The second-order valence-corrected chi connectivity index (χ2v) is 6.32. The van der Waals surface area contributed by atoms with Gasteiger partial charge < -0.3 is 4.90 Å². The Kier molecular flexibility index (Phi) is 4.42. The first-order valence-electron chi connectivity index (χ1n) is 7.77. The molecular weight excluding hydrogens is 285 g/mol. The molecule has 0 aliphatic carbocycles. The molecule has 1 aromatic carbocycles. The zero-order valence-electron chi connectivity index (χ0n) is 12.8. The van der Waals surface area contributed by atoms with Gasteiger partial charge in [0.25, 0.3) is 5.91 Å². The monoisotopic (exact) mass is 307 g/mol. The minimum atomic E-state index is -0.668. The molecule has 22 heavy (non-hydrogen) atoms. The number of halogens is 1. The number of hydrogen-bond acceptors (Lipinski definition) is 4. The third-order valence-electron chi connectivity index (χ3n) is 4.80. The van der Waals surface area contributed by atoms with Crippen LogP contribution in [0, 0.1) is 5.82 Å². The lowest BCUT2D eigenvalue weighted by atomic mass is 9.94. The summed E-state index contributed by atoms with van der Waals surface area (Å²) in [4.78, 5) is 16.1. The highest BCUT2D eigenvalue weighted by Crippen LogP contribution is 2.27. The maximum absolute atomic E-state index is 14.3. The van der Waals surface area contributed by atoms with Gasteiger partial charge in [0, 0.05) is 36.8 Å². The quantitative estimate of drug-likeness (QED) is 0.640. The van der Waals surface area contributed by atoms with Gasteiger partial charge in [-0.15, -0.1) is 0 Å². The molecule has 1 atom stereocenters. The van der Waals surface area contributed by atoms with Crippen molar-refractivity contribution >= 4 is 5.91 Å². The smallest absolute Gasteiger partial charge is 0.274 e. The second kappa shape index (κ2) is 6.32. The van der Waals surface area contributed by atoms with E-state index in [1.807, 2.05) is 0 Å². The molecule has 2 N–H and O–H groups in total. The first-order valence-corrected chi connectivity index (χ1v) is 7.77. The average molecular weight is 307 g/mol. The Morgan fingerprint density at radius 3 is 2.95 bits per heavy atom. The summed E-state index contributed by atoms with van der Waals surface area (Å²) in [5.74, 6) is -1.03. The molecule has 120 valence electrons. The number of nitrogens with one attached hydrogen (secondary N) is 1. The van der Waals surface area contributed by atoms with E-state index in [0.29, 0.717) is 18.2 Å². The molecule has 2 aliphatic heterocycles. The van der Waals surface area contributed by atoms with Crippen molar-refractivity contribution < 1.29 is 14.4 Å². The Labute approximate surface area is 129 Å². The number of amides is 1. The zero-order chi connectivity index (χ0) is 15.7. The molecule has 1 saturated heterocycles. The van der Waals surface area contributed by atoms with Gasteiger partial charge in [0.1, 0.15) is 5.82 Å². The van der Waals surface area contributed by atoms with Crippen molar-refractivity contribution in [3.05, 3.63) is 34.6 Å². The molecule has 3 rings (SSSR count). The molecule has 0 bridgehead atoms. The highest BCUT2D eigenvalue weighted by Gasteiger charge is 2.28. The molecule has 0 radical (unpaired) electrons. The van der Waals surface area contributed by atoms with E-state index in [0.717, 1.165) is 38.0 Å². The average Bonchev–Trinajstić information content (AvgIpc) is 2.53. The first kappa shape index (κ1) is 15.4. The van der Waals surface area contributed by atoms with Crippen LogP contribution >= 0.6 is 0 Å². The Morgan fingerprint density at radius 2 is 2.23 bits per heavy atom. The van der Waals surface area contributed by atoms with Crippen LogP contribution in [0.1, 0.15) is 34.3 Å². The van der Waals surface area contributed by atoms with E-state index in [1.54, 1.807) is 11.5 Å². The lowest BCUT2D eigenvalue weighted by Gasteiger charge is -2.40. The number of piperidine rings is 1. The summed E-state index contributed by atoms with van der Waals surface area (Å²) < 4.78 is 14.3. The number of hydroxylamine groups is 1. The van der Waals surface area contributed by atoms with E-state index in [-0.39, 0.29) is 11.4 Å². The first-order chi connectivity index (χ1) is 10.6. The molecule has 1 amide bonds. The van der Waals surface area contributed by atoms with E-state index < -0.39 is 5.91 Å². The van der Waals surface area contributed by atoms with E-state index in [2.05, 4.69) is 16.8 Å². The van der Waals surface area contributed by atoms with E-state index >= 15 is 0 Å². The van der Waals surface area contributed by atoms with E-state index in [9.17, 15) is 9.18 Å². The number of carbonyl (C=O) groups is 1. The Morgan fingerprint density at radius 1 is 1.41 bits per heavy atom. The van der Waals surface area contributed by atoms with Crippen LogP contribution in [0.5, 0.6) is 0 Å². The standard InChI is InChI=1S/C16H22FN3O2/c1-19-5-2-3-13(9-19)20-6-4-11-7-12(16(21)18-22)8-15(17)14(11)10-20/h7-8,13,22H,2-6,9-10H2,1H3,(H,18,21). The van der Waals surface area contributed by atoms with Gasteiger partial charge in [0.15, 0.2) is 0 Å². The van der Waals surface area contributed by atoms with Gasteiger partial charge in [-0.1, -0.05) is 0 Å². The van der Waals surface area contributed by atoms with Crippen molar-refractivity contribution in [2.24, 2.45) is 0 Å². The van der Waals surface area contributed by atoms with Crippen LogP contribution < -0.4 is 5.48 Å². The van der Waals surface area contributed by atoms with Crippen molar-refractivity contribution in [2.45, 2.75) is 31.8 Å². The van der Waals surface area contributed by atoms with Gasteiger partial charge in [0.05, 0.1) is 0 Å². The Hall–Kier alpha value is -1.50. The number of benzene rings is 1. The second-order valence-electron chi connectivity index (χ2n) is 6.32. The van der Waals surface area contributed by atoms with Crippen LogP contribution in [-0.2, 0) is 13.0 Å². The fraction of sp³-hybridized carbons (Fsp3) is 0.562. The third-order valence-corrected chi connectivity index (χ3v) is 4.80. The highest BCUT2D eigenvalue weighted by atomic mass is 19.1. The number of likely N-dealkylation sites (N-methyl/N-ethyl adjacent to an activating group) is 1. The lowest BCUT2D eigenvalue weighted by Crippen LogP contribution is -2.48. The number of carbonyl (C=O) groups excluding carboxylic acids is 1. The summed E-state index contributed by atoms with van der Waals surface area (Å²) in [5.41, 5.74) is 3.29. The molecule has 1 fully saturated rings. The zero-order valence-corrected chi connectivity index (χ0v) is 12.8. The molecule has 2 aliphatic rings. The maximum atomic E-state index is 14.3. The van der Waals surface area contributed by atoms with Gasteiger partial charge in [-0.05, 0) is 50.6 Å². The predicted molar refractivity (Wildman–Crippen MR) is 80.3 cm³/mol. The predicted octanol–water partition coefficient (Wildman–Crippen LogP) is 1.40. The molecule has 0 spiro atoms. The molecule has 1 aromatic rings. The summed E-state index contributed by atoms with van der Waals surface area (Å²) in [6.07, 6.45) is 3.08. The number of hydrogen-bond donors (Lipinski definition) is 2. The fourth-order valence-corrected chi connectivity index (χ4v) is 3.58. The van der Waals surface area contributed by atoms with Crippen LogP contribution in [0.25, 0.3) is 0 Å². The van der Waals surface area contributed by atoms with Crippen molar-refractivity contribution in [3.63, 3.8) is 0 Å². The minimum Gasteiger partial charge on any atom is -0.305 e. The summed E-state index contributed by atoms with van der Waals surface area (Å²) in [6, 6.07) is 3.38. The molecule has 6 heteroatoms. The molecule has 5 nitrogen and oxygen atoms in total. The van der Waals surface area contributed by atoms with Crippen LogP contribution in [-0.4, -0.2) is 53.6 Å². The SMILES string of the molecule is CN1CCCC(N2CCc3cc(C(=O)NO)cc(F)c3C2)C1. The topological polar surface area (TPSA) is 55.8 Å². The van der Waals surface area contributed by atoms with Crippen molar-refractivity contribution in [1.29, 1.82) is 0 Å². The highest BCUT2D eigenvalue weighted by molar-refractivity contribution is 5.93. The lowest BCUT2D eigenvalue weighted by molar-refractivity contribution is 0.0705. The van der Waals surface area contributed by atoms with Crippen molar-refractivity contribution in [1.82, 2.24) is 15.3 Å². The summed E-state index contributed by atoms with van der Waals surface area (Å²) >= 11 is 0. The van der Waals surface area contributed by atoms with Gasteiger partial charge in [-0.25, -0.2) is 9.87 Å². The van der Waals surface area contributed by atoms with Gasteiger partial charge in [-0.3, -0.25) is 14.9 Å². The van der Waals surface area contributed by atoms with Gasteiger partial charge in [-0.2, -0.15) is 0 Å². The number of fused-ring (bicyclic) bond motifs is 1. The molecular formula is C16H22FN3O2. The maximum Gasteiger partial charge on any atom is 0.274 e. The van der Waals surface area contributed by atoms with Crippen molar-refractivity contribution in [2.75, 3.05) is 26.7 Å². The number of nitrogens with zero attached hydrogens (tertiary/aromatic N) is 2. The third kappa shape index (κ3) is 2.99. The fourth-order valence-electron chi connectivity index (χ4n) is 3.58. The van der Waals surface area contributed by atoms with Gasteiger partial charge >= 0.3 is 0 Å². The van der Waals surface area contributed by atoms with E-state index in [4.69, 9.17) is 5.21 Å². The largest absolute Gasteiger partial charge is 0.305 e. The molecule has 0 saturated carbocycles. The van der Waals surface area contributed by atoms with E-state index in [1.165, 1.54) is 12.5 Å². The summed E-state index contributed by atoms with van der Waals surface area (Å²) in [6.45, 7) is 3.65. The van der Waals surface area contributed by atoms with Crippen LogP contribution in [0.2, 0.25) is 0 Å². The minimum absolute atomic E-state index is 0.171. The Balaban J connectivity index is 1.79. The van der Waals surface area contributed by atoms with Crippen LogP contribution in [0.3, 0.4) is 0 Å². The van der Waals surface area contributed by atoms with Crippen LogP contribution in [0.4, 0.5) is 4.39 Å². The molecule has 1 unspecified atom stereocenters. The number of rotatable bonds is 2. The van der Waals surface area contributed by atoms with Gasteiger partial charge in [0.2, 0.25) is 0 Å². The normalized spacial score (nSPS) is 23.1.